The summed E-state index contributed by atoms with van der Waals surface area (Å²) in [5.74, 6) is -5.46. The van der Waals surface area contributed by atoms with Crippen molar-refractivity contribution in [1.29, 1.82) is 0 Å². The molecule has 338 valence electrons. The van der Waals surface area contributed by atoms with Crippen LogP contribution < -0.4 is 33.0 Å². The van der Waals surface area contributed by atoms with Crippen LogP contribution in [0.25, 0.3) is 11.0 Å². The van der Waals surface area contributed by atoms with Crippen molar-refractivity contribution in [1.82, 2.24) is 30.9 Å². The number of H-pyrrole nitrogens is 2. The number of nitrogens with two attached hydrogens (primary N) is 2. The molecule has 0 bridgehead atoms. The number of carbonyl (C=O) groups is 6. The molecule has 16 N–H and O–H groups in total. The molecule has 7 atom stereocenters. The van der Waals surface area contributed by atoms with E-state index in [-0.39, 0.29) is 60.2 Å². The lowest BCUT2D eigenvalue weighted by Gasteiger charge is -2.25. The Morgan fingerprint density at radius 2 is 1.61 bits per heavy atom. The van der Waals surface area contributed by atoms with Gasteiger partial charge >= 0.3 is 17.9 Å². The molecule has 0 aliphatic rings. The molecule has 3 rings (SSSR count). The number of aliphatic hydroxyl groups excluding tert-OH is 5. The highest BCUT2D eigenvalue weighted by atomic mass is 33.1. The van der Waals surface area contributed by atoms with Gasteiger partial charge in [-0.1, -0.05) is 21.6 Å². The first-order valence-corrected chi connectivity index (χ1v) is 22.0. The minimum Gasteiger partial charge on any atom is -0.480 e. The fourth-order valence-electron chi connectivity index (χ4n) is 5.36. The molecule has 0 aliphatic carbocycles. The topological polar surface area (TPSA) is 403 Å². The normalized spacial score (nSPS) is 14.9. The van der Waals surface area contributed by atoms with E-state index in [1.54, 1.807) is 18.2 Å². The fraction of sp³-hybridized carbons (Fsp3) is 0.543. The lowest BCUT2D eigenvalue weighted by atomic mass is 10.0. The maximum Gasteiger partial charge on any atom is 0.327 e. The molecule has 7 unspecified atom stereocenters. The molecule has 3 amide bonds. The number of aromatic amines is 2. The number of hydrogen-bond acceptors (Lipinski definition) is 19. The van der Waals surface area contributed by atoms with Crippen molar-refractivity contribution in [2.75, 3.05) is 37.0 Å². The number of aryl methyl sites for hydroxylation is 2. The Morgan fingerprint density at radius 1 is 0.902 bits per heavy atom. The number of thiophene rings is 1. The van der Waals surface area contributed by atoms with Crippen LogP contribution in [0.4, 0.5) is 5.95 Å². The first-order valence-electron chi connectivity index (χ1n) is 18.7. The van der Waals surface area contributed by atoms with Crippen LogP contribution in [0, 0.1) is 0 Å². The molecular weight excluding hydrogens is 869 g/mol. The number of rotatable bonds is 28. The third-order valence-corrected chi connectivity index (χ3v) is 12.3. The summed E-state index contributed by atoms with van der Waals surface area (Å²) in [6, 6.07) is 1.03. The van der Waals surface area contributed by atoms with Gasteiger partial charge in [0.25, 0.3) is 11.5 Å². The van der Waals surface area contributed by atoms with Crippen molar-refractivity contribution >= 4 is 85.5 Å². The van der Waals surface area contributed by atoms with Gasteiger partial charge in [-0.3, -0.25) is 29.0 Å². The molecule has 0 saturated carbocycles. The maximum atomic E-state index is 12.8. The van der Waals surface area contributed by atoms with Gasteiger partial charge in [-0.05, 0) is 50.3 Å². The van der Waals surface area contributed by atoms with E-state index in [0.29, 0.717) is 30.3 Å². The number of carboxylic acids is 2. The van der Waals surface area contributed by atoms with Crippen LogP contribution >= 0.6 is 32.9 Å². The molecule has 0 radical (unpaired) electrons. The minimum atomic E-state index is -1.88. The predicted octanol–water partition coefficient (Wildman–Crippen LogP) is -2.81. The average Bonchev–Trinajstić information content (AvgIpc) is 3.87. The van der Waals surface area contributed by atoms with Gasteiger partial charge in [-0.25, -0.2) is 9.59 Å². The zero-order valence-electron chi connectivity index (χ0n) is 32.5. The summed E-state index contributed by atoms with van der Waals surface area (Å²) in [5, 5.41) is 74.0. The number of fused-ring (bicyclic) bond motifs is 1. The zero-order chi connectivity index (χ0) is 45.2. The number of nitrogen functional groups attached to an aromatic ring is 1. The van der Waals surface area contributed by atoms with E-state index in [0.717, 1.165) is 32.2 Å². The van der Waals surface area contributed by atoms with Crippen molar-refractivity contribution in [3.8, 4) is 0 Å². The quantitative estimate of drug-likeness (QED) is 0.0198. The average molecular weight is 919 g/mol. The van der Waals surface area contributed by atoms with Crippen LogP contribution in [-0.2, 0) is 41.6 Å². The molecule has 0 spiro atoms. The molecule has 0 aromatic carbocycles. The third kappa shape index (κ3) is 16.9. The van der Waals surface area contributed by atoms with Gasteiger partial charge in [0.1, 0.15) is 42.6 Å². The Hall–Kier alpha value is -4.80. The molecule has 0 aliphatic heterocycles. The summed E-state index contributed by atoms with van der Waals surface area (Å²) in [4.78, 5) is 96.0. The third-order valence-electron chi connectivity index (χ3n) is 8.78. The van der Waals surface area contributed by atoms with Crippen molar-refractivity contribution in [2.24, 2.45) is 5.73 Å². The summed E-state index contributed by atoms with van der Waals surface area (Å²) in [7, 11) is 2.19. The molecule has 3 aromatic rings. The van der Waals surface area contributed by atoms with Gasteiger partial charge in [-0.15, -0.1) is 11.3 Å². The number of esters is 1. The molecule has 0 fully saturated rings. The molecule has 3 aromatic heterocycles. The smallest absolute Gasteiger partial charge is 0.327 e. The maximum absolute atomic E-state index is 12.8. The highest BCUT2D eigenvalue weighted by Crippen LogP contribution is 2.23. The zero-order valence-corrected chi connectivity index (χ0v) is 34.9. The van der Waals surface area contributed by atoms with E-state index in [4.69, 9.17) is 21.3 Å². The fourth-order valence-corrected chi connectivity index (χ4v) is 8.30. The second-order valence-corrected chi connectivity index (χ2v) is 17.3. The van der Waals surface area contributed by atoms with E-state index >= 15 is 0 Å². The molecular formula is C35H50N8O15S3. The number of nitrogens with one attached hydrogen (secondary N) is 5. The van der Waals surface area contributed by atoms with Gasteiger partial charge in [0, 0.05) is 41.5 Å². The number of carboxylic acid groups (broad SMARTS) is 2. The lowest BCUT2D eigenvalue weighted by molar-refractivity contribution is -0.144. The van der Waals surface area contributed by atoms with Gasteiger partial charge in [0.05, 0.1) is 29.0 Å². The number of carbonyl (C=O) groups excluding carboxylic acids is 4. The number of hydrogen-bond donors (Lipinski definition) is 14. The Morgan fingerprint density at radius 3 is 2.30 bits per heavy atom. The second-order valence-electron chi connectivity index (χ2n) is 13.5. The number of ether oxygens (including phenoxy) is 1. The van der Waals surface area contributed by atoms with Crippen LogP contribution in [-0.4, -0.2) is 160 Å². The van der Waals surface area contributed by atoms with Crippen LogP contribution in [0.2, 0.25) is 0 Å². The molecule has 3 heterocycles. The summed E-state index contributed by atoms with van der Waals surface area (Å²) in [6.07, 6.45) is -6.37. The Kier molecular flexibility index (Phi) is 20.9. The van der Waals surface area contributed by atoms with E-state index in [1.165, 1.54) is 11.3 Å². The monoisotopic (exact) mass is 918 g/mol. The molecule has 23 nitrogen and oxygen atoms in total. The van der Waals surface area contributed by atoms with E-state index in [1.807, 2.05) is 0 Å². The Labute approximate surface area is 358 Å². The first kappa shape index (κ1) is 50.6. The van der Waals surface area contributed by atoms with E-state index < -0.39 is 91.3 Å². The highest BCUT2D eigenvalue weighted by Gasteiger charge is 2.30. The standard InChI is InChI=1S/C35H50N8O15S3/c36-19(5-8-25(47)38-13-22(45)27(49)28(50)23(46)14-44)31(52)41-21(34(56)57)15-60-59-11-10-58-26(48)9-6-20(33(54)55)40-32(53)24-7-4-17(61-24)3-1-2-16-12-18-29(39-16)42-35(37)43-30(18)51/h4,7,12,19-23,27-28,44-46,49-50H,1-3,5-6,8-11,13-15,36H2,(H,38,47)(H,40,53)(H,41,52)(H,54,55)(H,56,57)(H4,37,39,42,43,51). The van der Waals surface area contributed by atoms with Crippen LogP contribution in [0.3, 0.4) is 0 Å². The summed E-state index contributed by atoms with van der Waals surface area (Å²) in [5.41, 5.74) is 12.2. The number of amides is 3. The molecule has 61 heavy (non-hydrogen) atoms. The number of anilines is 1. The summed E-state index contributed by atoms with van der Waals surface area (Å²) in [6.45, 7) is -1.50. The van der Waals surface area contributed by atoms with Crippen molar-refractivity contribution in [3.63, 3.8) is 0 Å². The van der Waals surface area contributed by atoms with Crippen molar-refractivity contribution in [2.45, 2.75) is 87.5 Å². The first-order chi connectivity index (χ1) is 28.9. The SMILES string of the molecule is Nc1nc2[nH]c(CCCc3ccc(C(=O)NC(CCC(=O)OCCSSCC(NC(=O)C(N)CCC(=O)NCC(O)C(O)C(O)C(O)CO)C(=O)O)C(=O)O)s3)cc2c(=O)[nH]1. The second kappa shape index (κ2) is 25.2. The summed E-state index contributed by atoms with van der Waals surface area (Å²) < 4.78 is 5.13. The number of nitrogens with zero attached hydrogens (tertiary/aromatic N) is 1. The molecule has 26 heteroatoms. The van der Waals surface area contributed by atoms with Crippen LogP contribution in [0.5, 0.6) is 0 Å². The van der Waals surface area contributed by atoms with Gasteiger partial charge in [-0.2, -0.15) is 4.98 Å². The predicted molar refractivity (Wildman–Crippen MR) is 222 cm³/mol. The highest BCUT2D eigenvalue weighted by molar-refractivity contribution is 8.76. The number of aliphatic hydroxyl groups is 5. The van der Waals surface area contributed by atoms with Crippen molar-refractivity contribution < 1.29 is 69.2 Å². The van der Waals surface area contributed by atoms with Gasteiger partial charge < -0.3 is 72.9 Å². The van der Waals surface area contributed by atoms with Gasteiger partial charge in [0.2, 0.25) is 17.8 Å². The lowest BCUT2D eigenvalue weighted by Crippen LogP contribution is -2.50. The minimum absolute atomic E-state index is 0.00671. The van der Waals surface area contributed by atoms with Crippen LogP contribution in [0.15, 0.2) is 23.0 Å². The number of aliphatic carboxylic acids is 2. The largest absolute Gasteiger partial charge is 0.480 e. The van der Waals surface area contributed by atoms with E-state index in [9.17, 15) is 64.2 Å². The van der Waals surface area contributed by atoms with E-state index in [2.05, 4.69) is 30.9 Å². The van der Waals surface area contributed by atoms with Crippen LogP contribution in [0.1, 0.15) is 52.3 Å². The number of aromatic nitrogens is 3. The molecule has 0 saturated heterocycles. The summed E-state index contributed by atoms with van der Waals surface area (Å²) >= 11 is 1.20. The van der Waals surface area contributed by atoms with Gasteiger partial charge in [0.15, 0.2) is 0 Å². The van der Waals surface area contributed by atoms with Crippen molar-refractivity contribution in [3.05, 3.63) is 44.0 Å². The Balaban J connectivity index is 1.30. The Bertz CT molecular complexity index is 2010.